The van der Waals surface area contributed by atoms with Crippen molar-refractivity contribution in [3.63, 3.8) is 0 Å². The van der Waals surface area contributed by atoms with E-state index in [1.807, 2.05) is 6.07 Å². The normalized spacial score (nSPS) is 22.8. The van der Waals surface area contributed by atoms with E-state index in [1.165, 1.54) is 6.07 Å². The Balaban J connectivity index is 2.26. The second kappa shape index (κ2) is 4.81. The summed E-state index contributed by atoms with van der Waals surface area (Å²) in [6, 6.07) is 4.92. The summed E-state index contributed by atoms with van der Waals surface area (Å²) in [4.78, 5) is 10.5. The predicted molar refractivity (Wildman–Crippen MR) is 70.1 cm³/mol. The van der Waals surface area contributed by atoms with Crippen LogP contribution in [0.25, 0.3) is 0 Å². The molecule has 1 aromatic carbocycles. The topological polar surface area (TPSA) is 76.4 Å². The van der Waals surface area contributed by atoms with E-state index in [0.717, 1.165) is 18.7 Å². The molecule has 1 aliphatic rings. The third kappa shape index (κ3) is 2.70. The fourth-order valence-electron chi connectivity index (χ4n) is 2.05. The average Bonchev–Trinajstić information content (AvgIpc) is 2.75. The number of nitrogens with zero attached hydrogens (tertiary/aromatic N) is 1. The zero-order valence-corrected chi connectivity index (χ0v) is 10.5. The first-order valence-electron chi connectivity index (χ1n) is 5.86. The lowest BCUT2D eigenvalue weighted by molar-refractivity contribution is -0.384. The number of anilines is 2. The molecule has 0 aromatic heterocycles. The molecule has 1 aliphatic heterocycles. The zero-order chi connectivity index (χ0) is 13.2. The van der Waals surface area contributed by atoms with Crippen LogP contribution in [-0.2, 0) is 4.74 Å². The molecule has 0 amide bonds. The fraction of sp³-hybridized carbons (Fsp3) is 0.500. The summed E-state index contributed by atoms with van der Waals surface area (Å²) < 4.78 is 5.35. The van der Waals surface area contributed by atoms with Crippen LogP contribution in [0.4, 0.5) is 17.1 Å². The molecule has 0 saturated carbocycles. The first kappa shape index (κ1) is 12.6. The maximum atomic E-state index is 10.9. The number of benzene rings is 1. The standard InChI is InChI=1S/C12H17N3O3/c1-12(3-4-18-8-12)14-10-5-9(13-2)6-11(7-10)15(16)17/h5-7,13-14H,3-4,8H2,1-2H3. The number of non-ortho nitro benzene ring substituents is 1. The van der Waals surface area contributed by atoms with Crippen LogP contribution in [0.5, 0.6) is 0 Å². The Morgan fingerprint density at radius 1 is 1.39 bits per heavy atom. The lowest BCUT2D eigenvalue weighted by Gasteiger charge is -2.25. The van der Waals surface area contributed by atoms with E-state index >= 15 is 0 Å². The number of nitro groups is 1. The largest absolute Gasteiger partial charge is 0.388 e. The maximum absolute atomic E-state index is 10.9. The van der Waals surface area contributed by atoms with Crippen molar-refractivity contribution in [1.29, 1.82) is 0 Å². The van der Waals surface area contributed by atoms with Gasteiger partial charge < -0.3 is 15.4 Å². The van der Waals surface area contributed by atoms with Crippen LogP contribution in [0.3, 0.4) is 0 Å². The minimum Gasteiger partial charge on any atom is -0.388 e. The molecule has 6 heteroatoms. The minimum absolute atomic E-state index is 0.0758. The molecule has 0 spiro atoms. The fourth-order valence-corrected chi connectivity index (χ4v) is 2.05. The van der Waals surface area contributed by atoms with Crippen molar-refractivity contribution in [3.8, 4) is 0 Å². The SMILES string of the molecule is CNc1cc(NC2(C)CCOC2)cc([N+](=O)[O-])c1. The third-order valence-electron chi connectivity index (χ3n) is 3.08. The van der Waals surface area contributed by atoms with E-state index in [2.05, 4.69) is 17.6 Å². The lowest BCUT2D eigenvalue weighted by atomic mass is 10.0. The molecule has 1 unspecified atom stereocenters. The minimum atomic E-state index is -0.389. The van der Waals surface area contributed by atoms with Crippen LogP contribution in [0.1, 0.15) is 13.3 Å². The smallest absolute Gasteiger partial charge is 0.273 e. The molecule has 1 aromatic rings. The molecule has 1 saturated heterocycles. The summed E-state index contributed by atoms with van der Waals surface area (Å²) in [6.45, 7) is 3.39. The van der Waals surface area contributed by atoms with Gasteiger partial charge in [-0.25, -0.2) is 0 Å². The van der Waals surface area contributed by atoms with Gasteiger partial charge in [0.05, 0.1) is 17.1 Å². The second-order valence-electron chi connectivity index (χ2n) is 4.76. The van der Waals surface area contributed by atoms with Crippen LogP contribution in [0, 0.1) is 10.1 Å². The summed E-state index contributed by atoms with van der Waals surface area (Å²) in [5, 5.41) is 17.1. The number of ether oxygens (including phenoxy) is 1. The van der Waals surface area contributed by atoms with E-state index in [4.69, 9.17) is 4.74 Å². The van der Waals surface area contributed by atoms with E-state index in [1.54, 1.807) is 13.1 Å². The Hall–Kier alpha value is -1.82. The van der Waals surface area contributed by atoms with Crippen molar-refractivity contribution in [3.05, 3.63) is 28.3 Å². The Kier molecular flexibility index (Phi) is 3.38. The molecule has 0 radical (unpaired) electrons. The van der Waals surface area contributed by atoms with Gasteiger partial charge in [-0.15, -0.1) is 0 Å². The van der Waals surface area contributed by atoms with Crippen molar-refractivity contribution in [1.82, 2.24) is 0 Å². The number of hydrogen-bond donors (Lipinski definition) is 2. The van der Waals surface area contributed by atoms with Crippen molar-refractivity contribution >= 4 is 17.1 Å². The van der Waals surface area contributed by atoms with Gasteiger partial charge in [-0.1, -0.05) is 0 Å². The molecule has 2 rings (SSSR count). The van der Waals surface area contributed by atoms with Crippen LogP contribution >= 0.6 is 0 Å². The van der Waals surface area contributed by atoms with E-state index in [9.17, 15) is 10.1 Å². The van der Waals surface area contributed by atoms with E-state index in [-0.39, 0.29) is 16.1 Å². The van der Waals surface area contributed by atoms with Crippen LogP contribution in [0.15, 0.2) is 18.2 Å². The van der Waals surface area contributed by atoms with Gasteiger partial charge in [-0.05, 0) is 19.4 Å². The highest BCUT2D eigenvalue weighted by Gasteiger charge is 2.29. The molecule has 2 N–H and O–H groups in total. The summed E-state index contributed by atoms with van der Waals surface area (Å²) >= 11 is 0. The molecule has 18 heavy (non-hydrogen) atoms. The zero-order valence-electron chi connectivity index (χ0n) is 10.5. The van der Waals surface area contributed by atoms with Crippen molar-refractivity contribution in [2.75, 3.05) is 30.9 Å². The maximum Gasteiger partial charge on any atom is 0.273 e. The van der Waals surface area contributed by atoms with Crippen molar-refractivity contribution in [2.45, 2.75) is 18.9 Å². The lowest BCUT2D eigenvalue weighted by Crippen LogP contribution is -2.34. The van der Waals surface area contributed by atoms with Crippen molar-refractivity contribution in [2.24, 2.45) is 0 Å². The molecule has 98 valence electrons. The highest BCUT2D eigenvalue weighted by molar-refractivity contribution is 5.64. The highest BCUT2D eigenvalue weighted by Crippen LogP contribution is 2.29. The van der Waals surface area contributed by atoms with E-state index in [0.29, 0.717) is 12.3 Å². The highest BCUT2D eigenvalue weighted by atomic mass is 16.6. The van der Waals surface area contributed by atoms with Gasteiger partial charge in [0.2, 0.25) is 0 Å². The molecule has 0 aliphatic carbocycles. The molecule has 1 heterocycles. The summed E-state index contributed by atoms with van der Waals surface area (Å²) in [5.74, 6) is 0. The predicted octanol–water partition coefficient (Wildman–Crippen LogP) is 2.23. The quantitative estimate of drug-likeness (QED) is 0.634. The molecule has 0 bridgehead atoms. The molecular formula is C12H17N3O3. The monoisotopic (exact) mass is 251 g/mol. The summed E-state index contributed by atoms with van der Waals surface area (Å²) in [6.07, 6.45) is 0.893. The number of nitro benzene ring substituents is 1. The van der Waals surface area contributed by atoms with Gasteiger partial charge in [0.25, 0.3) is 5.69 Å². The summed E-state index contributed by atoms with van der Waals surface area (Å²) in [7, 11) is 1.74. The van der Waals surface area contributed by atoms with Crippen LogP contribution in [0.2, 0.25) is 0 Å². The van der Waals surface area contributed by atoms with Gasteiger partial charge in [0, 0.05) is 37.2 Å². The number of hydrogen-bond acceptors (Lipinski definition) is 5. The molecule has 6 nitrogen and oxygen atoms in total. The van der Waals surface area contributed by atoms with Gasteiger partial charge in [0.1, 0.15) is 0 Å². The average molecular weight is 251 g/mol. The molecule has 1 atom stereocenters. The van der Waals surface area contributed by atoms with Gasteiger partial charge in [-0.2, -0.15) is 0 Å². The van der Waals surface area contributed by atoms with Gasteiger partial charge in [-0.3, -0.25) is 10.1 Å². The second-order valence-corrected chi connectivity index (χ2v) is 4.76. The Labute approximate surface area is 105 Å². The summed E-state index contributed by atoms with van der Waals surface area (Å²) in [5.41, 5.74) is 1.38. The first-order chi connectivity index (χ1) is 8.52. The third-order valence-corrected chi connectivity index (χ3v) is 3.08. The van der Waals surface area contributed by atoms with Crippen LogP contribution < -0.4 is 10.6 Å². The Morgan fingerprint density at radius 3 is 2.67 bits per heavy atom. The Bertz CT molecular complexity index is 456. The van der Waals surface area contributed by atoms with Gasteiger partial charge in [0.15, 0.2) is 0 Å². The first-order valence-corrected chi connectivity index (χ1v) is 5.86. The number of nitrogens with one attached hydrogen (secondary N) is 2. The van der Waals surface area contributed by atoms with Gasteiger partial charge >= 0.3 is 0 Å². The van der Waals surface area contributed by atoms with Crippen LogP contribution in [-0.4, -0.2) is 30.7 Å². The Morgan fingerprint density at radius 2 is 2.11 bits per heavy atom. The molecule has 1 fully saturated rings. The molecular weight excluding hydrogens is 234 g/mol. The number of rotatable bonds is 4. The van der Waals surface area contributed by atoms with Crippen molar-refractivity contribution < 1.29 is 9.66 Å². The van der Waals surface area contributed by atoms with E-state index < -0.39 is 0 Å².